The Morgan fingerprint density at radius 1 is 0.853 bits per heavy atom. The maximum atomic E-state index is 11.1. The van der Waals surface area contributed by atoms with Crippen LogP contribution < -0.4 is 5.84 Å². The zero-order chi connectivity index (χ0) is 25.5. The van der Waals surface area contributed by atoms with Crippen LogP contribution in [0, 0.1) is 45.3 Å². The monoisotopic (exact) mass is 457 g/mol. The van der Waals surface area contributed by atoms with Crippen LogP contribution in [0.3, 0.4) is 0 Å². The number of nitriles is 4. The molecule has 0 unspecified atom stereocenters. The smallest absolute Gasteiger partial charge is 0.337 e. The number of tetrazole rings is 1. The minimum absolute atomic E-state index is 0.0333. The predicted octanol–water partition coefficient (Wildman–Crippen LogP) is 0.820. The second kappa shape index (κ2) is 13.5. The fourth-order valence-corrected chi connectivity index (χ4v) is 2.20. The summed E-state index contributed by atoms with van der Waals surface area (Å²) >= 11 is 0. The fraction of sp³-hybridized carbons (Fsp3) is 0.0952. The Kier molecular flexibility index (Phi) is 10.4. The number of hydrogen-bond donors (Lipinski definition) is 1. The van der Waals surface area contributed by atoms with Crippen LogP contribution in [0.1, 0.15) is 43.0 Å². The predicted molar refractivity (Wildman–Crippen MR) is 112 cm³/mol. The Morgan fingerprint density at radius 2 is 1.32 bits per heavy atom. The van der Waals surface area contributed by atoms with E-state index < -0.39 is 11.9 Å². The van der Waals surface area contributed by atoms with Gasteiger partial charge in [-0.05, 0) is 40.8 Å². The van der Waals surface area contributed by atoms with E-state index in [1.807, 2.05) is 0 Å². The number of rotatable bonds is 2. The summed E-state index contributed by atoms with van der Waals surface area (Å²) in [5, 5.41) is 44.4. The first kappa shape index (κ1) is 26.2. The highest BCUT2D eigenvalue weighted by molar-refractivity contribution is 5.95. The molecule has 13 heteroatoms. The molecule has 0 fully saturated rings. The number of ether oxygens (including phenoxy) is 2. The zero-order valence-corrected chi connectivity index (χ0v) is 17.8. The van der Waals surface area contributed by atoms with E-state index >= 15 is 0 Å². The van der Waals surface area contributed by atoms with E-state index in [0.717, 1.165) is 4.79 Å². The van der Waals surface area contributed by atoms with Crippen LogP contribution in [0.2, 0.25) is 0 Å². The summed E-state index contributed by atoms with van der Waals surface area (Å²) in [6.07, 6.45) is 1.31. The summed E-state index contributed by atoms with van der Waals surface area (Å²) in [4.78, 5) is 23.2. The molecule has 2 aromatic carbocycles. The minimum Gasteiger partial charge on any atom is -0.465 e. The second-order valence-electron chi connectivity index (χ2n) is 5.71. The molecule has 13 nitrogen and oxygen atoms in total. The third kappa shape index (κ3) is 7.17. The summed E-state index contributed by atoms with van der Waals surface area (Å²) in [6, 6.07) is 15.9. The number of aromatic nitrogens is 4. The molecule has 0 aliphatic rings. The Labute approximate surface area is 193 Å². The second-order valence-corrected chi connectivity index (χ2v) is 5.71. The van der Waals surface area contributed by atoms with Gasteiger partial charge in [0.05, 0.1) is 47.6 Å². The molecule has 0 spiro atoms. The first-order valence-corrected chi connectivity index (χ1v) is 8.88. The molecule has 0 saturated carbocycles. The van der Waals surface area contributed by atoms with Crippen LogP contribution in [-0.2, 0) is 9.47 Å². The lowest BCUT2D eigenvalue weighted by Crippen LogP contribution is -2.07. The maximum absolute atomic E-state index is 11.1. The van der Waals surface area contributed by atoms with Gasteiger partial charge in [-0.3, -0.25) is 0 Å². The standard InChI is InChI=1S/C10H2N4.C10H10O4.CH3N5/c11-3-7-1-2-8(4-12)10(6-14)9(7)5-13;1-13-9(11)7-4-3-5-8(6-7)10(12)14-2;2-6-1-3-4-5-6/h1-2H;3-6H,1-2H3;1H,2H2. The van der Waals surface area contributed by atoms with Crippen molar-refractivity contribution in [1.82, 2.24) is 20.3 Å². The van der Waals surface area contributed by atoms with Gasteiger partial charge in [0.25, 0.3) is 0 Å². The van der Waals surface area contributed by atoms with Gasteiger partial charge in [0, 0.05) is 0 Å². The summed E-state index contributed by atoms with van der Waals surface area (Å²) < 4.78 is 9.03. The van der Waals surface area contributed by atoms with Gasteiger partial charge in [-0.1, -0.05) is 6.07 Å². The number of carbonyl (C=O) groups is 2. The molecule has 2 N–H and O–H groups in total. The molecule has 0 bridgehead atoms. The molecular weight excluding hydrogens is 442 g/mol. The summed E-state index contributed by atoms with van der Waals surface area (Å²) in [5.74, 6) is 4.01. The highest BCUT2D eigenvalue weighted by Gasteiger charge is 2.12. The van der Waals surface area contributed by atoms with Gasteiger partial charge in [-0.15, -0.1) is 9.89 Å². The largest absolute Gasteiger partial charge is 0.465 e. The molecule has 0 aliphatic heterocycles. The molecule has 34 heavy (non-hydrogen) atoms. The van der Waals surface area contributed by atoms with Gasteiger partial charge in [-0.25, -0.2) is 9.59 Å². The number of nitrogen functional groups attached to an aromatic ring is 1. The number of benzene rings is 2. The molecule has 3 rings (SSSR count). The topological polar surface area (TPSA) is 217 Å². The van der Waals surface area contributed by atoms with Crippen LogP contribution in [0.4, 0.5) is 0 Å². The Morgan fingerprint density at radius 3 is 1.59 bits per heavy atom. The SMILES string of the molecule is COC(=O)c1cccc(C(=O)OC)c1.N#Cc1ccc(C#N)c(C#N)c1C#N.Nn1cnnn1. The van der Waals surface area contributed by atoms with Crippen LogP contribution in [-0.4, -0.2) is 46.5 Å². The average Bonchev–Trinajstić information content (AvgIpc) is 3.38. The fourth-order valence-electron chi connectivity index (χ4n) is 2.20. The Balaban J connectivity index is 0.000000274. The lowest BCUT2D eigenvalue weighted by Gasteiger charge is -2.01. The lowest BCUT2D eigenvalue weighted by molar-refractivity contribution is 0.0599. The van der Waals surface area contributed by atoms with Crippen molar-refractivity contribution in [2.45, 2.75) is 0 Å². The van der Waals surface area contributed by atoms with Crippen molar-refractivity contribution in [2.24, 2.45) is 0 Å². The van der Waals surface area contributed by atoms with E-state index in [0.29, 0.717) is 11.1 Å². The summed E-state index contributed by atoms with van der Waals surface area (Å²) in [5.41, 5.74) is 0.819. The lowest BCUT2D eigenvalue weighted by atomic mass is 9.99. The first-order chi connectivity index (χ1) is 16.4. The quantitative estimate of drug-likeness (QED) is 0.417. The van der Waals surface area contributed by atoms with E-state index in [2.05, 4.69) is 25.0 Å². The molecule has 0 saturated heterocycles. The summed E-state index contributed by atoms with van der Waals surface area (Å²) in [7, 11) is 2.57. The number of methoxy groups -OCH3 is 2. The third-order valence-corrected chi connectivity index (χ3v) is 3.74. The maximum Gasteiger partial charge on any atom is 0.337 e. The highest BCUT2D eigenvalue weighted by atomic mass is 16.5. The highest BCUT2D eigenvalue weighted by Crippen LogP contribution is 2.16. The van der Waals surface area contributed by atoms with Crippen LogP contribution in [0.25, 0.3) is 0 Å². The van der Waals surface area contributed by atoms with E-state index in [-0.39, 0.29) is 22.3 Å². The molecule has 1 aromatic heterocycles. The average molecular weight is 457 g/mol. The molecule has 0 amide bonds. The van der Waals surface area contributed by atoms with Crippen molar-refractivity contribution < 1.29 is 19.1 Å². The number of hydrogen-bond acceptors (Lipinski definition) is 12. The Bertz CT molecular complexity index is 1240. The van der Waals surface area contributed by atoms with E-state index in [9.17, 15) is 9.59 Å². The van der Waals surface area contributed by atoms with Gasteiger partial charge in [0.2, 0.25) is 0 Å². The van der Waals surface area contributed by atoms with Gasteiger partial charge < -0.3 is 15.3 Å². The molecule has 168 valence electrons. The number of carbonyl (C=O) groups excluding carboxylic acids is 2. The minimum atomic E-state index is -0.476. The number of nitrogens with zero attached hydrogens (tertiary/aromatic N) is 8. The van der Waals surface area contributed by atoms with Crippen LogP contribution >= 0.6 is 0 Å². The zero-order valence-electron chi connectivity index (χ0n) is 17.8. The van der Waals surface area contributed by atoms with Crippen molar-refractivity contribution in [1.29, 1.82) is 21.0 Å². The van der Waals surface area contributed by atoms with Gasteiger partial charge in [0.15, 0.2) is 6.33 Å². The normalized spacial score (nSPS) is 8.53. The van der Waals surface area contributed by atoms with Gasteiger partial charge in [-0.2, -0.15) is 21.0 Å². The van der Waals surface area contributed by atoms with Gasteiger partial charge >= 0.3 is 11.9 Å². The van der Waals surface area contributed by atoms with Crippen LogP contribution in [0.15, 0.2) is 42.7 Å². The summed E-state index contributed by atoms with van der Waals surface area (Å²) in [6.45, 7) is 0. The van der Waals surface area contributed by atoms with Crippen molar-refractivity contribution in [3.63, 3.8) is 0 Å². The third-order valence-electron chi connectivity index (χ3n) is 3.74. The number of esters is 2. The molecule has 3 aromatic rings. The van der Waals surface area contributed by atoms with Crippen molar-refractivity contribution in [3.05, 3.63) is 76.1 Å². The number of nitrogens with two attached hydrogens (primary N) is 1. The van der Waals surface area contributed by atoms with Crippen LogP contribution in [0.5, 0.6) is 0 Å². The molecule has 1 heterocycles. The van der Waals surface area contributed by atoms with Crippen molar-refractivity contribution in [2.75, 3.05) is 20.1 Å². The molecule has 0 radical (unpaired) electrons. The van der Waals surface area contributed by atoms with Crippen molar-refractivity contribution in [3.8, 4) is 24.3 Å². The van der Waals surface area contributed by atoms with Gasteiger partial charge in [0.1, 0.15) is 24.3 Å². The first-order valence-electron chi connectivity index (χ1n) is 8.88. The van der Waals surface area contributed by atoms with E-state index in [4.69, 9.17) is 26.9 Å². The molecule has 0 atom stereocenters. The van der Waals surface area contributed by atoms with E-state index in [1.165, 1.54) is 38.7 Å². The molecular formula is C21H15N9O4. The van der Waals surface area contributed by atoms with E-state index in [1.54, 1.807) is 42.5 Å². The Hall–Kier alpha value is -5.79. The molecule has 0 aliphatic carbocycles. The van der Waals surface area contributed by atoms with Crippen molar-refractivity contribution >= 4 is 11.9 Å².